The van der Waals surface area contributed by atoms with Gasteiger partial charge in [-0.2, -0.15) is 13.2 Å². The van der Waals surface area contributed by atoms with Crippen molar-refractivity contribution in [1.82, 2.24) is 4.90 Å². The Morgan fingerprint density at radius 3 is 2.68 bits per heavy atom. The third kappa shape index (κ3) is 3.71. The van der Waals surface area contributed by atoms with Gasteiger partial charge in [-0.1, -0.05) is 12.1 Å². The normalized spacial score (nSPS) is 22.0. The fourth-order valence-electron chi connectivity index (χ4n) is 2.71. The number of amides is 1. The molecule has 1 heterocycles. The number of alkyl halides is 3. The number of likely N-dealkylation sites (tertiary alicyclic amines) is 1. The van der Waals surface area contributed by atoms with Crippen LogP contribution in [0.2, 0.25) is 0 Å². The van der Waals surface area contributed by atoms with Gasteiger partial charge in [0.25, 0.3) is 5.91 Å². The molecule has 1 aliphatic rings. The van der Waals surface area contributed by atoms with Crippen LogP contribution in [0.4, 0.5) is 13.2 Å². The molecule has 1 saturated heterocycles. The minimum Gasteiger partial charge on any atom is -0.483 e. The Kier molecular flexibility index (Phi) is 4.95. The van der Waals surface area contributed by atoms with E-state index in [2.05, 4.69) is 0 Å². The summed E-state index contributed by atoms with van der Waals surface area (Å²) >= 11 is 0. The van der Waals surface area contributed by atoms with Crippen molar-refractivity contribution in [2.24, 2.45) is 11.7 Å². The maximum absolute atomic E-state index is 12.8. The molecule has 0 radical (unpaired) electrons. The predicted molar refractivity (Wildman–Crippen MR) is 75.3 cm³/mol. The molecule has 1 amide bonds. The van der Waals surface area contributed by atoms with Gasteiger partial charge in [0, 0.05) is 12.6 Å². The highest BCUT2D eigenvalue weighted by atomic mass is 19.4. The summed E-state index contributed by atoms with van der Waals surface area (Å²) in [5, 5.41) is 0. The highest BCUT2D eigenvalue weighted by molar-refractivity contribution is 5.78. The first-order chi connectivity index (χ1) is 10.3. The quantitative estimate of drug-likeness (QED) is 0.927. The number of benzene rings is 1. The van der Waals surface area contributed by atoms with Gasteiger partial charge >= 0.3 is 6.18 Å². The first-order valence-electron chi connectivity index (χ1n) is 7.11. The number of hydrogen-bond donors (Lipinski definition) is 1. The minimum absolute atomic E-state index is 0.0301. The van der Waals surface area contributed by atoms with Crippen LogP contribution in [0.25, 0.3) is 0 Å². The van der Waals surface area contributed by atoms with Gasteiger partial charge in [0.15, 0.2) is 6.61 Å². The molecule has 2 unspecified atom stereocenters. The van der Waals surface area contributed by atoms with E-state index in [1.165, 1.54) is 18.2 Å². The Hall–Kier alpha value is -1.76. The summed E-state index contributed by atoms with van der Waals surface area (Å²) in [6.45, 7) is 2.51. The van der Waals surface area contributed by atoms with Crippen LogP contribution < -0.4 is 10.5 Å². The molecular formula is C15H19F3N2O2. The Morgan fingerprint density at radius 2 is 2.09 bits per heavy atom. The van der Waals surface area contributed by atoms with E-state index >= 15 is 0 Å². The van der Waals surface area contributed by atoms with Gasteiger partial charge in [-0.25, -0.2) is 0 Å². The van der Waals surface area contributed by atoms with E-state index in [0.29, 0.717) is 13.1 Å². The lowest BCUT2D eigenvalue weighted by Gasteiger charge is -2.22. The SMILES string of the molecule is CC1CC(CN)CN1C(=O)COc1ccccc1C(F)(F)F. The molecule has 4 nitrogen and oxygen atoms in total. The molecule has 122 valence electrons. The molecule has 0 spiro atoms. The Balaban J connectivity index is 2.01. The molecule has 0 aromatic heterocycles. The lowest BCUT2D eigenvalue weighted by atomic mass is 10.1. The molecule has 0 saturated carbocycles. The monoisotopic (exact) mass is 316 g/mol. The van der Waals surface area contributed by atoms with Gasteiger partial charge in [-0.05, 0) is 37.9 Å². The fourth-order valence-corrected chi connectivity index (χ4v) is 2.71. The number of nitrogens with two attached hydrogens (primary N) is 1. The van der Waals surface area contributed by atoms with E-state index in [1.54, 1.807) is 4.90 Å². The molecule has 1 aliphatic heterocycles. The van der Waals surface area contributed by atoms with Gasteiger partial charge < -0.3 is 15.4 Å². The second-order valence-electron chi connectivity index (χ2n) is 5.52. The second kappa shape index (κ2) is 6.56. The van der Waals surface area contributed by atoms with Crippen molar-refractivity contribution in [3.05, 3.63) is 29.8 Å². The Bertz CT molecular complexity index is 534. The second-order valence-corrected chi connectivity index (χ2v) is 5.52. The molecule has 0 aliphatic carbocycles. The molecule has 2 N–H and O–H groups in total. The molecule has 1 aromatic carbocycles. The van der Waals surface area contributed by atoms with Gasteiger partial charge in [-0.3, -0.25) is 4.79 Å². The minimum atomic E-state index is -4.51. The summed E-state index contributed by atoms with van der Waals surface area (Å²) in [6.07, 6.45) is -3.70. The van der Waals surface area contributed by atoms with Crippen LogP contribution in [0.15, 0.2) is 24.3 Å². The third-order valence-electron chi connectivity index (χ3n) is 3.86. The summed E-state index contributed by atoms with van der Waals surface area (Å²) in [4.78, 5) is 13.7. The number of ether oxygens (including phenoxy) is 1. The average Bonchev–Trinajstić information content (AvgIpc) is 2.85. The van der Waals surface area contributed by atoms with Gasteiger partial charge in [0.2, 0.25) is 0 Å². The summed E-state index contributed by atoms with van der Waals surface area (Å²) in [7, 11) is 0. The van der Waals surface area contributed by atoms with Crippen LogP contribution in [-0.4, -0.2) is 36.5 Å². The fraction of sp³-hybridized carbons (Fsp3) is 0.533. The van der Waals surface area contributed by atoms with Crippen molar-refractivity contribution in [1.29, 1.82) is 0 Å². The van der Waals surface area contributed by atoms with Gasteiger partial charge in [0.05, 0.1) is 5.56 Å². The van der Waals surface area contributed by atoms with Crippen LogP contribution in [0.5, 0.6) is 5.75 Å². The molecule has 1 aromatic rings. The zero-order valence-electron chi connectivity index (χ0n) is 12.3. The summed E-state index contributed by atoms with van der Waals surface area (Å²) in [5.74, 6) is -0.410. The van der Waals surface area contributed by atoms with Crippen molar-refractivity contribution in [2.75, 3.05) is 19.7 Å². The first-order valence-corrected chi connectivity index (χ1v) is 7.11. The predicted octanol–water partition coefficient (Wildman–Crippen LogP) is 2.28. The number of nitrogens with zero attached hydrogens (tertiary/aromatic N) is 1. The highest BCUT2D eigenvalue weighted by Gasteiger charge is 2.35. The maximum Gasteiger partial charge on any atom is 0.419 e. The summed E-state index contributed by atoms with van der Waals surface area (Å²) in [6, 6.07) is 4.90. The third-order valence-corrected chi connectivity index (χ3v) is 3.86. The van der Waals surface area contributed by atoms with Crippen LogP contribution in [-0.2, 0) is 11.0 Å². The molecule has 2 rings (SSSR count). The Morgan fingerprint density at radius 1 is 1.41 bits per heavy atom. The number of para-hydroxylation sites is 1. The Labute approximate surface area is 127 Å². The van der Waals surface area contributed by atoms with Crippen molar-refractivity contribution in [3.8, 4) is 5.75 Å². The zero-order valence-corrected chi connectivity index (χ0v) is 12.3. The van der Waals surface area contributed by atoms with Crippen LogP contribution in [0.3, 0.4) is 0 Å². The lowest BCUT2D eigenvalue weighted by molar-refractivity contribution is -0.141. The van der Waals surface area contributed by atoms with E-state index in [9.17, 15) is 18.0 Å². The first kappa shape index (κ1) is 16.6. The number of hydrogen-bond acceptors (Lipinski definition) is 3. The molecule has 7 heteroatoms. The highest BCUT2D eigenvalue weighted by Crippen LogP contribution is 2.36. The number of halogens is 3. The summed E-state index contributed by atoms with van der Waals surface area (Å²) in [5.41, 5.74) is 4.72. The van der Waals surface area contributed by atoms with E-state index in [4.69, 9.17) is 10.5 Å². The summed E-state index contributed by atoms with van der Waals surface area (Å²) < 4.78 is 43.6. The smallest absolute Gasteiger partial charge is 0.419 e. The lowest BCUT2D eigenvalue weighted by Crippen LogP contribution is -2.37. The van der Waals surface area contributed by atoms with Gasteiger partial charge in [0.1, 0.15) is 5.75 Å². The van der Waals surface area contributed by atoms with Crippen molar-refractivity contribution >= 4 is 5.91 Å². The number of carbonyl (C=O) groups excluding carboxylic acids is 1. The number of rotatable bonds is 4. The molecule has 0 bridgehead atoms. The molecule has 2 atom stereocenters. The molecular weight excluding hydrogens is 297 g/mol. The average molecular weight is 316 g/mol. The van der Waals surface area contributed by atoms with Gasteiger partial charge in [-0.15, -0.1) is 0 Å². The van der Waals surface area contributed by atoms with Crippen LogP contribution >= 0.6 is 0 Å². The standard InChI is InChI=1S/C15H19F3N2O2/c1-10-6-11(7-19)8-20(10)14(21)9-22-13-5-3-2-4-12(13)15(16,17)18/h2-5,10-11H,6-9,19H2,1H3. The largest absolute Gasteiger partial charge is 0.483 e. The zero-order chi connectivity index (χ0) is 16.3. The maximum atomic E-state index is 12.8. The molecule has 1 fully saturated rings. The van der Waals surface area contributed by atoms with E-state index in [0.717, 1.165) is 12.5 Å². The molecule has 22 heavy (non-hydrogen) atoms. The topological polar surface area (TPSA) is 55.6 Å². The van der Waals surface area contributed by atoms with E-state index in [-0.39, 0.29) is 23.6 Å². The van der Waals surface area contributed by atoms with Crippen LogP contribution in [0.1, 0.15) is 18.9 Å². The van der Waals surface area contributed by atoms with E-state index < -0.39 is 18.3 Å². The van der Waals surface area contributed by atoms with Crippen molar-refractivity contribution < 1.29 is 22.7 Å². The van der Waals surface area contributed by atoms with Crippen LogP contribution in [0, 0.1) is 5.92 Å². The number of carbonyl (C=O) groups is 1. The van der Waals surface area contributed by atoms with E-state index in [1.807, 2.05) is 6.92 Å². The van der Waals surface area contributed by atoms with Crippen molar-refractivity contribution in [2.45, 2.75) is 25.6 Å². The van der Waals surface area contributed by atoms with Crippen molar-refractivity contribution in [3.63, 3.8) is 0 Å².